The van der Waals surface area contributed by atoms with Gasteiger partial charge in [0.05, 0.1) is 12.4 Å². The first-order valence-electron chi connectivity index (χ1n) is 3.31. The van der Waals surface area contributed by atoms with Crippen molar-refractivity contribution in [2.24, 2.45) is 4.99 Å². The van der Waals surface area contributed by atoms with E-state index in [1.54, 1.807) is 0 Å². The third-order valence-electron chi connectivity index (χ3n) is 1.32. The molecule has 52 valence electrons. The Hall–Kier alpha value is -0.570. The van der Waals surface area contributed by atoms with Crippen LogP contribution in [-0.4, -0.2) is 30.6 Å². The van der Waals surface area contributed by atoms with E-state index in [0.29, 0.717) is 0 Å². The smallest absolute Gasteiger partial charge is 0.0965 e. The van der Waals surface area contributed by atoms with Gasteiger partial charge >= 0.3 is 0 Å². The average Bonchev–Trinajstić information content (AvgIpc) is 2.34. The summed E-state index contributed by atoms with van der Waals surface area (Å²) in [4.78, 5) is 4.17. The lowest BCUT2D eigenvalue weighted by Crippen LogP contribution is -2.18. The zero-order valence-electron chi connectivity index (χ0n) is 5.43. The number of rotatable bonds is 3. The Labute approximate surface area is 54.8 Å². The lowest BCUT2D eigenvalue weighted by atomic mass is 10.3. The summed E-state index contributed by atoms with van der Waals surface area (Å²) in [6.07, 6.45) is 1.72. The Morgan fingerprint density at radius 3 is 3.11 bits per heavy atom. The molecule has 0 aliphatic carbocycles. The van der Waals surface area contributed by atoms with Crippen LogP contribution in [0.4, 0.5) is 0 Å². The van der Waals surface area contributed by atoms with Crippen LogP contribution in [0.2, 0.25) is 0 Å². The molecule has 0 radical (unpaired) electrons. The number of amidine groups is 1. The van der Waals surface area contributed by atoms with E-state index in [0.717, 1.165) is 31.8 Å². The van der Waals surface area contributed by atoms with Crippen LogP contribution in [-0.2, 0) is 0 Å². The number of aliphatic imine (C=N–C) groups is 1. The monoisotopic (exact) mass is 128 g/mol. The first-order valence-corrected chi connectivity index (χ1v) is 3.31. The highest BCUT2D eigenvalue weighted by atomic mass is 16.2. The normalized spacial score (nSPS) is 17.2. The van der Waals surface area contributed by atoms with E-state index >= 15 is 0 Å². The summed E-state index contributed by atoms with van der Waals surface area (Å²) in [6, 6.07) is 0. The highest BCUT2D eigenvalue weighted by Crippen LogP contribution is 1.93. The Morgan fingerprint density at radius 1 is 1.67 bits per heavy atom. The topological polar surface area (TPSA) is 44.6 Å². The van der Waals surface area contributed by atoms with Crippen LogP contribution < -0.4 is 5.32 Å². The van der Waals surface area contributed by atoms with Gasteiger partial charge in [0, 0.05) is 19.6 Å². The molecule has 2 N–H and O–H groups in total. The molecule has 3 heteroatoms. The lowest BCUT2D eigenvalue weighted by Gasteiger charge is -1.97. The first-order chi connectivity index (χ1) is 4.43. The summed E-state index contributed by atoms with van der Waals surface area (Å²) in [5.41, 5.74) is 0. The predicted octanol–water partition coefficient (Wildman–Crippen LogP) is -0.239. The molecule has 0 bridgehead atoms. The van der Waals surface area contributed by atoms with Crippen molar-refractivity contribution in [3.8, 4) is 0 Å². The molecular formula is C6H12N2O. The second-order valence-electron chi connectivity index (χ2n) is 2.08. The Morgan fingerprint density at radius 2 is 2.56 bits per heavy atom. The zero-order chi connectivity index (χ0) is 6.53. The minimum atomic E-state index is 0.265. The highest BCUT2D eigenvalue weighted by Gasteiger charge is 2.02. The van der Waals surface area contributed by atoms with Crippen LogP contribution in [0.25, 0.3) is 0 Å². The maximum Gasteiger partial charge on any atom is 0.0965 e. The van der Waals surface area contributed by atoms with Crippen molar-refractivity contribution in [1.29, 1.82) is 0 Å². The molecule has 9 heavy (non-hydrogen) atoms. The predicted molar refractivity (Wildman–Crippen MR) is 36.6 cm³/mol. The molecule has 0 aromatic heterocycles. The molecule has 0 fully saturated rings. The maximum absolute atomic E-state index is 8.44. The van der Waals surface area contributed by atoms with Crippen molar-refractivity contribution < 1.29 is 5.11 Å². The number of aliphatic hydroxyl groups is 1. The van der Waals surface area contributed by atoms with Gasteiger partial charge in [-0.2, -0.15) is 0 Å². The van der Waals surface area contributed by atoms with Crippen molar-refractivity contribution in [2.45, 2.75) is 12.8 Å². The molecule has 0 spiro atoms. The summed E-state index contributed by atoms with van der Waals surface area (Å²) in [7, 11) is 0. The number of nitrogens with zero attached hydrogens (tertiary/aromatic N) is 1. The van der Waals surface area contributed by atoms with Gasteiger partial charge in [0.1, 0.15) is 0 Å². The van der Waals surface area contributed by atoms with Gasteiger partial charge in [0.25, 0.3) is 0 Å². The Kier molecular flexibility index (Phi) is 2.51. The molecule has 3 nitrogen and oxygen atoms in total. The minimum Gasteiger partial charge on any atom is -0.396 e. The van der Waals surface area contributed by atoms with Crippen LogP contribution in [0.15, 0.2) is 4.99 Å². The fourth-order valence-electron chi connectivity index (χ4n) is 0.861. The van der Waals surface area contributed by atoms with Crippen molar-refractivity contribution in [2.75, 3.05) is 19.7 Å². The van der Waals surface area contributed by atoms with Crippen LogP contribution in [0.3, 0.4) is 0 Å². The van der Waals surface area contributed by atoms with Crippen LogP contribution in [0, 0.1) is 0 Å². The third-order valence-corrected chi connectivity index (χ3v) is 1.32. The molecule has 0 atom stereocenters. The molecule has 1 aliphatic heterocycles. The molecule has 0 aromatic carbocycles. The molecule has 0 aromatic rings. The third kappa shape index (κ3) is 2.01. The summed E-state index contributed by atoms with van der Waals surface area (Å²) in [6.45, 7) is 2.14. The highest BCUT2D eigenvalue weighted by molar-refractivity contribution is 5.83. The van der Waals surface area contributed by atoms with E-state index in [-0.39, 0.29) is 6.61 Å². The average molecular weight is 128 g/mol. The molecule has 0 amide bonds. The standard InChI is InChI=1S/C6H12N2O/c9-5-1-2-6-7-3-4-8-6/h9H,1-5H2,(H,7,8). The van der Waals surface area contributed by atoms with Crippen LogP contribution >= 0.6 is 0 Å². The number of aliphatic hydroxyl groups excluding tert-OH is 1. The largest absolute Gasteiger partial charge is 0.396 e. The van der Waals surface area contributed by atoms with Gasteiger partial charge in [-0.15, -0.1) is 0 Å². The van der Waals surface area contributed by atoms with Gasteiger partial charge < -0.3 is 10.4 Å². The molecule has 0 saturated heterocycles. The van der Waals surface area contributed by atoms with Gasteiger partial charge in [-0.3, -0.25) is 4.99 Å². The molecule has 0 unspecified atom stereocenters. The number of hydrogen-bond donors (Lipinski definition) is 2. The van der Waals surface area contributed by atoms with Crippen molar-refractivity contribution in [3.05, 3.63) is 0 Å². The SMILES string of the molecule is OCCCC1=NCCN1. The van der Waals surface area contributed by atoms with Crippen LogP contribution in [0.1, 0.15) is 12.8 Å². The maximum atomic E-state index is 8.44. The minimum absolute atomic E-state index is 0.265. The fourth-order valence-corrected chi connectivity index (χ4v) is 0.861. The molecule has 0 saturated carbocycles. The van der Waals surface area contributed by atoms with Crippen molar-refractivity contribution in [1.82, 2.24) is 5.32 Å². The zero-order valence-corrected chi connectivity index (χ0v) is 5.43. The summed E-state index contributed by atoms with van der Waals surface area (Å²) in [5, 5.41) is 11.6. The van der Waals surface area contributed by atoms with Crippen molar-refractivity contribution >= 4 is 5.84 Å². The van der Waals surface area contributed by atoms with Gasteiger partial charge in [-0.05, 0) is 6.42 Å². The summed E-state index contributed by atoms with van der Waals surface area (Å²) < 4.78 is 0. The van der Waals surface area contributed by atoms with Crippen LogP contribution in [0.5, 0.6) is 0 Å². The quantitative estimate of drug-likeness (QED) is 0.551. The molecular weight excluding hydrogens is 116 g/mol. The van der Waals surface area contributed by atoms with Gasteiger partial charge in [0.15, 0.2) is 0 Å². The molecule has 1 heterocycles. The van der Waals surface area contributed by atoms with E-state index in [1.807, 2.05) is 0 Å². The summed E-state index contributed by atoms with van der Waals surface area (Å²) in [5.74, 6) is 1.06. The Balaban J connectivity index is 2.11. The van der Waals surface area contributed by atoms with Gasteiger partial charge in [-0.1, -0.05) is 0 Å². The van der Waals surface area contributed by atoms with E-state index in [4.69, 9.17) is 5.11 Å². The number of nitrogens with one attached hydrogen (secondary N) is 1. The summed E-state index contributed by atoms with van der Waals surface area (Å²) >= 11 is 0. The Bertz CT molecular complexity index is 112. The van der Waals surface area contributed by atoms with Crippen molar-refractivity contribution in [3.63, 3.8) is 0 Å². The first kappa shape index (κ1) is 6.55. The van der Waals surface area contributed by atoms with Gasteiger partial charge in [0.2, 0.25) is 0 Å². The molecule has 1 aliphatic rings. The van der Waals surface area contributed by atoms with E-state index in [9.17, 15) is 0 Å². The van der Waals surface area contributed by atoms with E-state index in [2.05, 4.69) is 10.3 Å². The van der Waals surface area contributed by atoms with E-state index < -0.39 is 0 Å². The van der Waals surface area contributed by atoms with Gasteiger partial charge in [-0.25, -0.2) is 0 Å². The number of hydrogen-bond acceptors (Lipinski definition) is 3. The lowest BCUT2D eigenvalue weighted by molar-refractivity contribution is 0.291. The van der Waals surface area contributed by atoms with E-state index in [1.165, 1.54) is 0 Å². The second kappa shape index (κ2) is 3.45. The fraction of sp³-hybridized carbons (Fsp3) is 0.833. The second-order valence-corrected chi connectivity index (χ2v) is 2.08. The molecule has 1 rings (SSSR count).